The van der Waals surface area contributed by atoms with Gasteiger partial charge >= 0.3 is 0 Å². The molecule has 2 atom stereocenters. The SMILES string of the molecule is CCC(=O)Nc1ncc(SC2C=C(C)C(OC)=CC2C)s1. The van der Waals surface area contributed by atoms with Crippen molar-refractivity contribution >= 4 is 34.1 Å². The fraction of sp³-hybridized carbons (Fsp3) is 0.467. The van der Waals surface area contributed by atoms with E-state index < -0.39 is 0 Å². The highest BCUT2D eigenvalue weighted by Crippen LogP contribution is 2.38. The first-order chi connectivity index (χ1) is 10.0. The largest absolute Gasteiger partial charge is 0.497 e. The van der Waals surface area contributed by atoms with Gasteiger partial charge in [0.25, 0.3) is 0 Å². The maximum Gasteiger partial charge on any atom is 0.225 e. The minimum Gasteiger partial charge on any atom is -0.497 e. The van der Waals surface area contributed by atoms with E-state index in [2.05, 4.69) is 36.3 Å². The maximum absolute atomic E-state index is 11.4. The van der Waals surface area contributed by atoms with Crippen molar-refractivity contribution in [3.05, 3.63) is 29.7 Å². The number of rotatable bonds is 5. The molecule has 2 rings (SSSR count). The van der Waals surface area contributed by atoms with E-state index in [9.17, 15) is 4.79 Å². The first kappa shape index (κ1) is 16.1. The molecule has 1 aromatic rings. The van der Waals surface area contributed by atoms with Gasteiger partial charge in [-0.25, -0.2) is 4.98 Å². The summed E-state index contributed by atoms with van der Waals surface area (Å²) in [6, 6.07) is 0. The van der Waals surface area contributed by atoms with E-state index >= 15 is 0 Å². The fourth-order valence-corrected chi connectivity index (χ4v) is 4.31. The van der Waals surface area contributed by atoms with Gasteiger partial charge in [-0.1, -0.05) is 31.3 Å². The molecule has 0 bridgehead atoms. The molecule has 0 spiro atoms. The van der Waals surface area contributed by atoms with Crippen molar-refractivity contribution in [2.45, 2.75) is 36.7 Å². The normalized spacial score (nSPS) is 21.5. The highest BCUT2D eigenvalue weighted by atomic mass is 32.2. The maximum atomic E-state index is 11.4. The zero-order valence-corrected chi connectivity index (χ0v) is 14.3. The van der Waals surface area contributed by atoms with Crippen LogP contribution in [0.4, 0.5) is 5.13 Å². The Morgan fingerprint density at radius 1 is 1.52 bits per heavy atom. The van der Waals surface area contributed by atoms with Crippen LogP contribution in [-0.4, -0.2) is 23.3 Å². The summed E-state index contributed by atoms with van der Waals surface area (Å²) in [5, 5.41) is 3.82. The van der Waals surface area contributed by atoms with E-state index in [1.807, 2.05) is 13.1 Å². The molecule has 0 saturated carbocycles. The summed E-state index contributed by atoms with van der Waals surface area (Å²) < 4.78 is 6.47. The van der Waals surface area contributed by atoms with Crippen molar-refractivity contribution in [2.24, 2.45) is 5.92 Å². The number of carbonyl (C=O) groups is 1. The molecule has 1 amide bonds. The number of hydrogen-bond donors (Lipinski definition) is 1. The zero-order valence-electron chi connectivity index (χ0n) is 12.7. The number of hydrogen-bond acceptors (Lipinski definition) is 5. The summed E-state index contributed by atoms with van der Waals surface area (Å²) in [5.41, 5.74) is 1.16. The number of amides is 1. The lowest BCUT2D eigenvalue weighted by molar-refractivity contribution is -0.115. The van der Waals surface area contributed by atoms with Gasteiger partial charge in [0, 0.05) is 11.7 Å². The Morgan fingerprint density at radius 3 is 2.95 bits per heavy atom. The van der Waals surface area contributed by atoms with Crippen LogP contribution in [-0.2, 0) is 9.53 Å². The number of methoxy groups -OCH3 is 1. The van der Waals surface area contributed by atoms with Gasteiger partial charge in [0.15, 0.2) is 5.13 Å². The topological polar surface area (TPSA) is 51.2 Å². The Morgan fingerprint density at radius 2 is 2.29 bits per heavy atom. The highest BCUT2D eigenvalue weighted by Gasteiger charge is 2.22. The molecule has 0 saturated heterocycles. The van der Waals surface area contributed by atoms with E-state index in [0.717, 1.165) is 15.5 Å². The minimum absolute atomic E-state index is 0.00431. The van der Waals surface area contributed by atoms with Crippen molar-refractivity contribution in [3.8, 4) is 0 Å². The summed E-state index contributed by atoms with van der Waals surface area (Å²) in [4.78, 5) is 15.6. The number of anilines is 1. The van der Waals surface area contributed by atoms with Crippen LogP contribution in [0.5, 0.6) is 0 Å². The highest BCUT2D eigenvalue weighted by molar-refractivity contribution is 8.02. The summed E-state index contributed by atoms with van der Waals surface area (Å²) in [6.45, 7) is 6.07. The van der Waals surface area contributed by atoms with Crippen LogP contribution in [0.2, 0.25) is 0 Å². The lowest BCUT2D eigenvalue weighted by Crippen LogP contribution is -2.15. The van der Waals surface area contributed by atoms with Gasteiger partial charge in [-0.15, -0.1) is 11.8 Å². The van der Waals surface area contributed by atoms with Gasteiger partial charge in [0.2, 0.25) is 5.91 Å². The second kappa shape index (κ2) is 7.13. The Labute approximate surface area is 133 Å². The quantitative estimate of drug-likeness (QED) is 0.886. The molecule has 1 aliphatic rings. The van der Waals surface area contributed by atoms with Crippen molar-refractivity contribution in [2.75, 3.05) is 12.4 Å². The number of nitrogens with zero attached hydrogens (tertiary/aromatic N) is 1. The second-order valence-corrected chi connectivity index (χ2v) is 7.42. The molecule has 2 unspecified atom stereocenters. The first-order valence-corrected chi connectivity index (χ1v) is 8.60. The molecule has 114 valence electrons. The Bertz CT molecular complexity index is 578. The molecule has 0 aliphatic heterocycles. The number of carbonyl (C=O) groups excluding carboxylic acids is 1. The molecular formula is C15H20N2O2S2. The average Bonchev–Trinajstić information content (AvgIpc) is 2.89. The van der Waals surface area contributed by atoms with Gasteiger partial charge < -0.3 is 10.1 Å². The lowest BCUT2D eigenvalue weighted by Gasteiger charge is -2.24. The molecule has 1 aliphatic carbocycles. The Balaban J connectivity index is 2.03. The standard InChI is InChI=1S/C15H20N2O2S2/c1-5-13(18)17-15-16-8-14(21-15)20-12-7-9(2)11(19-4)6-10(12)3/h6-8,10,12H,5H2,1-4H3,(H,16,17,18). The number of aromatic nitrogens is 1. The number of thiazole rings is 1. The molecule has 4 nitrogen and oxygen atoms in total. The first-order valence-electron chi connectivity index (χ1n) is 6.90. The van der Waals surface area contributed by atoms with E-state index in [-0.39, 0.29) is 5.91 Å². The van der Waals surface area contributed by atoms with Crippen LogP contribution in [0.1, 0.15) is 27.2 Å². The third-order valence-electron chi connectivity index (χ3n) is 3.26. The molecule has 6 heteroatoms. The van der Waals surface area contributed by atoms with Crippen LogP contribution in [0.15, 0.2) is 33.9 Å². The van der Waals surface area contributed by atoms with Crippen LogP contribution < -0.4 is 5.32 Å². The number of ether oxygens (including phenoxy) is 1. The van der Waals surface area contributed by atoms with E-state index in [1.54, 1.807) is 18.9 Å². The minimum atomic E-state index is -0.00431. The van der Waals surface area contributed by atoms with E-state index in [0.29, 0.717) is 22.7 Å². The summed E-state index contributed by atoms with van der Waals surface area (Å²) in [5.74, 6) is 1.35. The van der Waals surface area contributed by atoms with Crippen molar-refractivity contribution in [3.63, 3.8) is 0 Å². The molecule has 1 heterocycles. The second-order valence-electron chi connectivity index (χ2n) is 4.91. The van der Waals surface area contributed by atoms with Crippen LogP contribution in [0.3, 0.4) is 0 Å². The number of thioether (sulfide) groups is 1. The molecule has 0 fully saturated rings. The fourth-order valence-electron chi connectivity index (χ4n) is 2.03. The van der Waals surface area contributed by atoms with E-state index in [1.165, 1.54) is 11.3 Å². The summed E-state index contributed by atoms with van der Waals surface area (Å²) in [6.07, 6.45) is 6.69. The molecule has 1 aromatic heterocycles. The lowest BCUT2D eigenvalue weighted by atomic mass is 9.97. The van der Waals surface area contributed by atoms with Crippen LogP contribution in [0, 0.1) is 5.92 Å². The monoisotopic (exact) mass is 324 g/mol. The van der Waals surface area contributed by atoms with Crippen LogP contribution >= 0.6 is 23.1 Å². The van der Waals surface area contributed by atoms with E-state index in [4.69, 9.17) is 4.74 Å². The Hall–Kier alpha value is -1.27. The number of allylic oxidation sites excluding steroid dienone is 2. The van der Waals surface area contributed by atoms with Crippen molar-refractivity contribution in [1.29, 1.82) is 0 Å². The molecular weight excluding hydrogens is 304 g/mol. The van der Waals surface area contributed by atoms with Gasteiger partial charge in [0.05, 0.1) is 17.5 Å². The smallest absolute Gasteiger partial charge is 0.225 e. The number of nitrogens with one attached hydrogen (secondary N) is 1. The van der Waals surface area contributed by atoms with Gasteiger partial charge in [0.1, 0.15) is 5.76 Å². The summed E-state index contributed by atoms with van der Waals surface area (Å²) in [7, 11) is 1.70. The third-order valence-corrected chi connectivity index (χ3v) is 5.68. The van der Waals surface area contributed by atoms with Crippen molar-refractivity contribution < 1.29 is 9.53 Å². The van der Waals surface area contributed by atoms with Gasteiger partial charge in [-0.2, -0.15) is 0 Å². The predicted molar refractivity (Wildman–Crippen MR) is 88.7 cm³/mol. The summed E-state index contributed by atoms with van der Waals surface area (Å²) >= 11 is 3.29. The predicted octanol–water partition coefficient (Wildman–Crippen LogP) is 4.08. The van der Waals surface area contributed by atoms with Crippen molar-refractivity contribution in [1.82, 2.24) is 4.98 Å². The van der Waals surface area contributed by atoms with Gasteiger partial charge in [-0.3, -0.25) is 4.79 Å². The Kier molecular flexibility index (Phi) is 5.47. The third kappa shape index (κ3) is 4.11. The molecule has 0 radical (unpaired) electrons. The van der Waals surface area contributed by atoms with Crippen LogP contribution in [0.25, 0.3) is 0 Å². The molecule has 1 N–H and O–H groups in total. The zero-order chi connectivity index (χ0) is 15.4. The molecule has 21 heavy (non-hydrogen) atoms. The average molecular weight is 324 g/mol. The molecule has 0 aromatic carbocycles. The van der Waals surface area contributed by atoms with Gasteiger partial charge in [-0.05, 0) is 24.5 Å².